The van der Waals surface area contributed by atoms with Crippen LogP contribution in [0, 0.1) is 29.6 Å². The zero-order valence-corrected chi connectivity index (χ0v) is 12.7. The number of ether oxygens (including phenoxy) is 1. The predicted octanol–water partition coefficient (Wildman–Crippen LogP) is 3.49. The van der Waals surface area contributed by atoms with Gasteiger partial charge < -0.3 is 10.5 Å². The predicted molar refractivity (Wildman–Crippen MR) is 79.2 cm³/mol. The summed E-state index contributed by atoms with van der Waals surface area (Å²) < 4.78 is 6.15. The van der Waals surface area contributed by atoms with Gasteiger partial charge in [-0.15, -0.1) is 0 Å². The number of hydrogen-bond acceptors (Lipinski definition) is 2. The molecule has 0 aromatic rings. The van der Waals surface area contributed by atoms with E-state index in [1.165, 1.54) is 64.2 Å². The van der Waals surface area contributed by atoms with Crippen molar-refractivity contribution in [2.24, 2.45) is 35.3 Å². The molecule has 5 fully saturated rings. The summed E-state index contributed by atoms with van der Waals surface area (Å²) in [7, 11) is 0. The van der Waals surface area contributed by atoms with Gasteiger partial charge in [0.1, 0.15) is 0 Å². The number of fused-ring (bicyclic) bond motifs is 5. The molecule has 2 N–H and O–H groups in total. The number of nitrogens with two attached hydrogens (primary N) is 1. The van der Waals surface area contributed by atoms with Crippen LogP contribution in [0.4, 0.5) is 0 Å². The Balaban J connectivity index is 1.40. The Morgan fingerprint density at radius 1 is 0.950 bits per heavy atom. The summed E-state index contributed by atoms with van der Waals surface area (Å²) in [5.74, 6) is 4.67. The van der Waals surface area contributed by atoms with E-state index in [1.54, 1.807) is 0 Å². The van der Waals surface area contributed by atoms with Crippen LogP contribution in [0.5, 0.6) is 0 Å². The Morgan fingerprint density at radius 3 is 2.60 bits per heavy atom. The first-order chi connectivity index (χ1) is 9.70. The van der Waals surface area contributed by atoms with Crippen molar-refractivity contribution in [1.82, 2.24) is 0 Å². The molecule has 1 heterocycles. The van der Waals surface area contributed by atoms with Crippen molar-refractivity contribution in [2.75, 3.05) is 6.61 Å². The fourth-order valence-corrected chi connectivity index (χ4v) is 7.11. The van der Waals surface area contributed by atoms with Crippen LogP contribution in [0.3, 0.4) is 0 Å². The number of rotatable bonds is 1. The fraction of sp³-hybridized carbons (Fsp3) is 1.00. The van der Waals surface area contributed by atoms with Gasteiger partial charge in [0.25, 0.3) is 0 Å². The van der Waals surface area contributed by atoms with E-state index in [0.717, 1.165) is 36.2 Å². The molecule has 20 heavy (non-hydrogen) atoms. The fourth-order valence-electron chi connectivity index (χ4n) is 7.11. The lowest BCUT2D eigenvalue weighted by Crippen LogP contribution is -2.59. The summed E-state index contributed by atoms with van der Waals surface area (Å²) in [5, 5.41) is 0. The Morgan fingerprint density at radius 2 is 1.80 bits per heavy atom. The van der Waals surface area contributed by atoms with Crippen LogP contribution in [-0.2, 0) is 4.74 Å². The van der Waals surface area contributed by atoms with Crippen molar-refractivity contribution in [3.8, 4) is 0 Å². The molecular formula is C18H29NO. The minimum atomic E-state index is 0.183. The molecule has 6 atom stereocenters. The SMILES string of the molecule is NC1(C2CCOC3(CCC3)C2)CC2CC1C1CCCC21. The van der Waals surface area contributed by atoms with E-state index in [0.29, 0.717) is 0 Å². The van der Waals surface area contributed by atoms with Crippen molar-refractivity contribution in [3.05, 3.63) is 0 Å². The molecule has 6 unspecified atom stereocenters. The number of hydrogen-bond donors (Lipinski definition) is 1. The lowest BCUT2D eigenvalue weighted by Gasteiger charge is -2.53. The van der Waals surface area contributed by atoms with Crippen LogP contribution in [0.15, 0.2) is 0 Å². The van der Waals surface area contributed by atoms with Gasteiger partial charge in [0.2, 0.25) is 0 Å². The molecule has 0 radical (unpaired) electrons. The van der Waals surface area contributed by atoms with E-state index >= 15 is 0 Å². The Hall–Kier alpha value is -0.0800. The second kappa shape index (κ2) is 4.01. The van der Waals surface area contributed by atoms with Crippen molar-refractivity contribution in [2.45, 2.75) is 75.3 Å². The van der Waals surface area contributed by atoms with Gasteiger partial charge >= 0.3 is 0 Å². The molecule has 1 spiro atoms. The van der Waals surface area contributed by atoms with Gasteiger partial charge in [0, 0.05) is 12.1 Å². The van der Waals surface area contributed by atoms with Crippen LogP contribution in [0.25, 0.3) is 0 Å². The molecule has 0 amide bonds. The molecule has 4 aliphatic carbocycles. The second-order valence-electron chi connectivity index (χ2n) is 8.75. The summed E-state index contributed by atoms with van der Waals surface area (Å²) in [6.07, 6.45) is 13.8. The van der Waals surface area contributed by atoms with Gasteiger partial charge in [0.15, 0.2) is 0 Å². The van der Waals surface area contributed by atoms with Crippen molar-refractivity contribution < 1.29 is 4.74 Å². The largest absolute Gasteiger partial charge is 0.375 e. The van der Waals surface area contributed by atoms with Crippen LogP contribution in [0.1, 0.15) is 64.2 Å². The van der Waals surface area contributed by atoms with Gasteiger partial charge in [-0.3, -0.25) is 0 Å². The van der Waals surface area contributed by atoms with E-state index in [1.807, 2.05) is 0 Å². The summed E-state index contributed by atoms with van der Waals surface area (Å²) in [6, 6.07) is 0. The molecule has 0 aromatic carbocycles. The first-order valence-corrected chi connectivity index (χ1v) is 9.13. The minimum Gasteiger partial charge on any atom is -0.375 e. The summed E-state index contributed by atoms with van der Waals surface area (Å²) in [6.45, 7) is 0.981. The molecule has 0 aromatic heterocycles. The highest BCUT2D eigenvalue weighted by molar-refractivity contribution is 5.16. The Labute approximate surface area is 122 Å². The van der Waals surface area contributed by atoms with Gasteiger partial charge in [-0.2, -0.15) is 0 Å². The van der Waals surface area contributed by atoms with Gasteiger partial charge in [-0.1, -0.05) is 6.42 Å². The highest BCUT2D eigenvalue weighted by atomic mass is 16.5. The average molecular weight is 275 g/mol. The first kappa shape index (κ1) is 12.5. The van der Waals surface area contributed by atoms with E-state index in [4.69, 9.17) is 10.5 Å². The Kier molecular flexibility index (Phi) is 2.50. The lowest BCUT2D eigenvalue weighted by atomic mass is 9.60. The van der Waals surface area contributed by atoms with E-state index in [9.17, 15) is 0 Å². The topological polar surface area (TPSA) is 35.2 Å². The average Bonchev–Trinajstić information content (AvgIpc) is 3.08. The third-order valence-electron chi connectivity index (χ3n) is 8.13. The lowest BCUT2D eigenvalue weighted by molar-refractivity contribution is -0.157. The first-order valence-electron chi connectivity index (χ1n) is 9.13. The molecule has 4 saturated carbocycles. The van der Waals surface area contributed by atoms with Crippen LogP contribution < -0.4 is 5.73 Å². The van der Waals surface area contributed by atoms with E-state index < -0.39 is 0 Å². The normalized spacial score (nSPS) is 56.0. The maximum atomic E-state index is 7.12. The highest BCUT2D eigenvalue weighted by Crippen LogP contribution is 2.64. The molecule has 112 valence electrons. The molecule has 5 aliphatic rings. The van der Waals surface area contributed by atoms with Crippen LogP contribution in [0.2, 0.25) is 0 Å². The van der Waals surface area contributed by atoms with Crippen molar-refractivity contribution in [3.63, 3.8) is 0 Å². The maximum Gasteiger partial charge on any atom is 0.0686 e. The molecule has 2 heteroatoms. The minimum absolute atomic E-state index is 0.183. The third-order valence-corrected chi connectivity index (χ3v) is 8.13. The maximum absolute atomic E-state index is 7.12. The van der Waals surface area contributed by atoms with Gasteiger partial charge in [-0.05, 0) is 87.4 Å². The summed E-state index contributed by atoms with van der Waals surface area (Å²) in [5.41, 5.74) is 7.57. The zero-order valence-electron chi connectivity index (χ0n) is 12.7. The molecule has 1 aliphatic heterocycles. The molecule has 2 bridgehead atoms. The molecular weight excluding hydrogens is 246 g/mol. The molecule has 1 saturated heterocycles. The monoisotopic (exact) mass is 275 g/mol. The second-order valence-corrected chi connectivity index (χ2v) is 8.75. The van der Waals surface area contributed by atoms with Gasteiger partial charge in [-0.25, -0.2) is 0 Å². The summed E-state index contributed by atoms with van der Waals surface area (Å²) >= 11 is 0. The van der Waals surface area contributed by atoms with Crippen LogP contribution >= 0.6 is 0 Å². The van der Waals surface area contributed by atoms with E-state index in [2.05, 4.69) is 0 Å². The van der Waals surface area contributed by atoms with Crippen molar-refractivity contribution >= 4 is 0 Å². The smallest absolute Gasteiger partial charge is 0.0686 e. The zero-order chi connectivity index (χ0) is 13.4. The molecule has 2 nitrogen and oxygen atoms in total. The van der Waals surface area contributed by atoms with E-state index in [-0.39, 0.29) is 11.1 Å². The van der Waals surface area contributed by atoms with Crippen LogP contribution in [-0.4, -0.2) is 17.7 Å². The highest BCUT2D eigenvalue weighted by Gasteiger charge is 2.62. The van der Waals surface area contributed by atoms with Gasteiger partial charge in [0.05, 0.1) is 5.60 Å². The third kappa shape index (κ3) is 1.48. The summed E-state index contributed by atoms with van der Waals surface area (Å²) in [4.78, 5) is 0. The standard InChI is InChI=1S/C18H29NO/c19-18(13-5-8-20-17(11-13)6-2-7-17)10-12-9-16(18)15-4-1-3-14(12)15/h12-16H,1-11,19H2. The Bertz CT molecular complexity index is 418. The van der Waals surface area contributed by atoms with Crippen molar-refractivity contribution in [1.29, 1.82) is 0 Å². The molecule has 5 rings (SSSR count). The quantitative estimate of drug-likeness (QED) is 0.795.